The molecule has 2 heteroatoms. The minimum atomic E-state index is 0.208. The van der Waals surface area contributed by atoms with Crippen molar-refractivity contribution in [2.75, 3.05) is 0 Å². The topological polar surface area (TPSA) is 17.1 Å². The average Bonchev–Trinajstić information content (AvgIpc) is 2.07. The van der Waals surface area contributed by atoms with Crippen molar-refractivity contribution in [1.82, 2.24) is 0 Å². The molecule has 0 aliphatic heterocycles. The predicted molar refractivity (Wildman–Crippen MR) is 46.6 cm³/mol. The Labute approximate surface area is 72.4 Å². The lowest BCUT2D eigenvalue weighted by Gasteiger charge is -2.18. The van der Waals surface area contributed by atoms with Gasteiger partial charge >= 0.3 is 0 Å². The summed E-state index contributed by atoms with van der Waals surface area (Å²) in [5.41, 5.74) is 1.32. The van der Waals surface area contributed by atoms with Crippen LogP contribution in [0.1, 0.15) is 32.1 Å². The van der Waals surface area contributed by atoms with Gasteiger partial charge in [0.25, 0.3) is 0 Å². The molecular weight excluding hydrogens is 160 g/mol. The quantitative estimate of drug-likeness (QED) is 0.586. The Kier molecular flexibility index (Phi) is 3.64. The fourth-order valence-corrected chi connectivity index (χ4v) is 1.71. The van der Waals surface area contributed by atoms with E-state index in [0.29, 0.717) is 0 Å². The number of rotatable bonds is 2. The molecule has 11 heavy (non-hydrogen) atoms. The van der Waals surface area contributed by atoms with Crippen molar-refractivity contribution in [3.05, 3.63) is 11.6 Å². The number of hydrogen-bond acceptors (Lipinski definition) is 1. The van der Waals surface area contributed by atoms with E-state index < -0.39 is 0 Å². The molecule has 0 saturated heterocycles. The highest BCUT2D eigenvalue weighted by Crippen LogP contribution is 2.24. The van der Waals surface area contributed by atoms with E-state index in [-0.39, 0.29) is 11.7 Å². The number of carbonyl (C=O) groups excluding carboxylic acids is 1. The highest BCUT2D eigenvalue weighted by atomic mass is 35.5. The summed E-state index contributed by atoms with van der Waals surface area (Å²) < 4.78 is 0. The largest absolute Gasteiger partial charge is 0.295 e. The van der Waals surface area contributed by atoms with Gasteiger partial charge < -0.3 is 0 Å². The lowest BCUT2D eigenvalue weighted by Crippen LogP contribution is -2.15. The Morgan fingerprint density at radius 2 is 1.91 bits per heavy atom. The third-order valence-corrected chi connectivity index (χ3v) is 2.36. The fraction of sp³-hybridized carbons (Fsp3) is 0.667. The predicted octanol–water partition coefficient (Wildman–Crippen LogP) is 2.89. The first-order valence-corrected chi connectivity index (χ1v) is 4.59. The van der Waals surface area contributed by atoms with Crippen molar-refractivity contribution >= 4 is 17.4 Å². The number of allylic oxidation sites excluding steroid dienone is 1. The summed E-state index contributed by atoms with van der Waals surface area (Å²) >= 11 is 5.31. The van der Waals surface area contributed by atoms with Gasteiger partial charge in [0.2, 0.25) is 0 Å². The molecule has 0 radical (unpaired) electrons. The zero-order valence-electron chi connectivity index (χ0n) is 6.55. The molecule has 0 unspecified atom stereocenters. The van der Waals surface area contributed by atoms with Crippen LogP contribution in [0.3, 0.4) is 0 Å². The van der Waals surface area contributed by atoms with Gasteiger partial charge in [-0.25, -0.2) is 0 Å². The van der Waals surface area contributed by atoms with E-state index >= 15 is 0 Å². The summed E-state index contributed by atoms with van der Waals surface area (Å²) in [6.45, 7) is 0. The van der Waals surface area contributed by atoms with E-state index in [1.165, 1.54) is 30.9 Å². The molecule has 1 saturated carbocycles. The molecule has 0 amide bonds. The van der Waals surface area contributed by atoms with Crippen LogP contribution >= 0.6 is 11.6 Å². The molecule has 1 aliphatic carbocycles. The first kappa shape index (κ1) is 8.79. The first-order chi connectivity index (χ1) is 5.34. The number of carbonyl (C=O) groups is 1. The van der Waals surface area contributed by atoms with Crippen molar-refractivity contribution in [2.45, 2.75) is 32.1 Å². The van der Waals surface area contributed by atoms with E-state index in [2.05, 4.69) is 0 Å². The summed E-state index contributed by atoms with van der Waals surface area (Å²) in [5, 5.41) is 0. The minimum Gasteiger partial charge on any atom is -0.295 e. The van der Waals surface area contributed by atoms with Gasteiger partial charge in [-0.15, -0.1) is 0 Å². The number of halogens is 1. The highest BCUT2D eigenvalue weighted by molar-refractivity contribution is 6.26. The monoisotopic (exact) mass is 172 g/mol. The van der Waals surface area contributed by atoms with Crippen LogP contribution in [0.4, 0.5) is 0 Å². The lowest BCUT2D eigenvalue weighted by molar-refractivity contribution is -0.119. The second-order valence-electron chi connectivity index (χ2n) is 3.03. The molecular formula is C9H13ClO. The Bertz CT molecular complexity index is 157. The Morgan fingerprint density at radius 3 is 2.45 bits per heavy atom. The van der Waals surface area contributed by atoms with Crippen molar-refractivity contribution in [1.29, 1.82) is 0 Å². The molecule has 0 heterocycles. The van der Waals surface area contributed by atoms with E-state index in [0.717, 1.165) is 12.8 Å². The molecule has 1 rings (SSSR count). The number of ketones is 1. The zero-order valence-corrected chi connectivity index (χ0v) is 7.31. The third kappa shape index (κ3) is 2.66. The summed E-state index contributed by atoms with van der Waals surface area (Å²) in [6.07, 6.45) is 7.28. The lowest BCUT2D eigenvalue weighted by atomic mass is 9.86. The molecule has 0 atom stereocenters. The normalized spacial score (nSPS) is 20.8. The maximum Gasteiger partial charge on any atom is 0.159 e. The van der Waals surface area contributed by atoms with Crippen LogP contribution < -0.4 is 0 Å². The van der Waals surface area contributed by atoms with E-state index in [1.54, 1.807) is 0 Å². The SMILES string of the molecule is O=C(C=CCl)C1CCCCC1. The molecule has 0 aromatic carbocycles. The van der Waals surface area contributed by atoms with E-state index in [4.69, 9.17) is 11.6 Å². The second-order valence-corrected chi connectivity index (χ2v) is 3.28. The van der Waals surface area contributed by atoms with E-state index in [9.17, 15) is 4.79 Å². The van der Waals surface area contributed by atoms with Gasteiger partial charge in [-0.3, -0.25) is 4.79 Å². The van der Waals surface area contributed by atoms with Crippen molar-refractivity contribution in [2.24, 2.45) is 5.92 Å². The van der Waals surface area contributed by atoms with Gasteiger partial charge in [0.15, 0.2) is 5.78 Å². The summed E-state index contributed by atoms with van der Waals surface area (Å²) in [7, 11) is 0. The van der Waals surface area contributed by atoms with Crippen LogP contribution in [0.2, 0.25) is 0 Å². The van der Waals surface area contributed by atoms with E-state index in [1.807, 2.05) is 0 Å². The van der Waals surface area contributed by atoms with Gasteiger partial charge in [0.05, 0.1) is 0 Å². The van der Waals surface area contributed by atoms with Crippen LogP contribution in [-0.2, 0) is 4.79 Å². The van der Waals surface area contributed by atoms with Crippen molar-refractivity contribution in [3.63, 3.8) is 0 Å². The maximum atomic E-state index is 11.2. The minimum absolute atomic E-state index is 0.208. The Balaban J connectivity index is 2.38. The van der Waals surface area contributed by atoms with Gasteiger partial charge in [-0.1, -0.05) is 30.9 Å². The summed E-state index contributed by atoms with van der Waals surface area (Å²) in [6, 6.07) is 0. The van der Waals surface area contributed by atoms with Crippen molar-refractivity contribution < 1.29 is 4.79 Å². The molecule has 0 spiro atoms. The average molecular weight is 173 g/mol. The molecule has 0 bridgehead atoms. The molecule has 0 aromatic heterocycles. The Hall–Kier alpha value is -0.300. The molecule has 1 fully saturated rings. The van der Waals surface area contributed by atoms with Crippen LogP contribution in [0.25, 0.3) is 0 Å². The summed E-state index contributed by atoms with van der Waals surface area (Å²) in [5.74, 6) is 0.471. The molecule has 0 N–H and O–H groups in total. The fourth-order valence-electron chi connectivity index (χ4n) is 1.59. The smallest absolute Gasteiger partial charge is 0.159 e. The molecule has 0 aromatic rings. The first-order valence-electron chi connectivity index (χ1n) is 4.15. The van der Waals surface area contributed by atoms with Gasteiger partial charge in [0.1, 0.15) is 0 Å². The molecule has 1 aliphatic rings. The van der Waals surface area contributed by atoms with Gasteiger partial charge in [-0.05, 0) is 18.9 Å². The Morgan fingerprint density at radius 1 is 1.27 bits per heavy atom. The van der Waals surface area contributed by atoms with Gasteiger partial charge in [-0.2, -0.15) is 0 Å². The maximum absolute atomic E-state index is 11.2. The van der Waals surface area contributed by atoms with Crippen LogP contribution in [0.5, 0.6) is 0 Å². The van der Waals surface area contributed by atoms with Crippen LogP contribution in [-0.4, -0.2) is 5.78 Å². The second kappa shape index (κ2) is 4.55. The third-order valence-electron chi connectivity index (χ3n) is 2.23. The standard InChI is InChI=1S/C9H13ClO/c10-7-6-9(11)8-4-2-1-3-5-8/h6-8H,1-5H2. The molecule has 62 valence electrons. The van der Waals surface area contributed by atoms with Crippen LogP contribution in [0, 0.1) is 5.92 Å². The van der Waals surface area contributed by atoms with Crippen LogP contribution in [0.15, 0.2) is 11.6 Å². The van der Waals surface area contributed by atoms with Crippen molar-refractivity contribution in [3.8, 4) is 0 Å². The number of hydrogen-bond donors (Lipinski definition) is 0. The zero-order chi connectivity index (χ0) is 8.10. The van der Waals surface area contributed by atoms with Gasteiger partial charge in [0, 0.05) is 11.5 Å². The summed E-state index contributed by atoms with van der Waals surface area (Å²) in [4.78, 5) is 11.2. The highest BCUT2D eigenvalue weighted by Gasteiger charge is 2.18. The molecule has 1 nitrogen and oxygen atoms in total.